The molecule has 2 aromatic rings. The summed E-state index contributed by atoms with van der Waals surface area (Å²) in [6.45, 7) is 2.00. The smallest absolute Gasteiger partial charge is 0.356 e. The minimum atomic E-state index is -1.01. The number of carboxylic acid groups (broad SMARTS) is 1. The maximum absolute atomic E-state index is 10.9. The number of aryl methyl sites for hydroxylation is 1. The Hall–Kier alpha value is -1.75. The van der Waals surface area contributed by atoms with Crippen LogP contribution in [-0.4, -0.2) is 27.1 Å². The van der Waals surface area contributed by atoms with Gasteiger partial charge in [-0.2, -0.15) is 5.10 Å². The lowest BCUT2D eigenvalue weighted by Gasteiger charge is -2.05. The molecular weight excluding hydrogens is 236 g/mol. The summed E-state index contributed by atoms with van der Waals surface area (Å²) in [5.74, 6) is -1.01. The number of nitrogens with zero attached hydrogens (tertiary/aromatic N) is 2. The molecule has 4 nitrogen and oxygen atoms in total. The van der Waals surface area contributed by atoms with Crippen molar-refractivity contribution in [3.05, 3.63) is 41.6 Å². The van der Waals surface area contributed by atoms with Crippen molar-refractivity contribution in [3.8, 4) is 5.69 Å². The zero-order valence-electron chi connectivity index (χ0n) is 9.54. The van der Waals surface area contributed by atoms with Crippen LogP contribution in [0.4, 0.5) is 0 Å². The number of thioether (sulfide) groups is 1. The maximum atomic E-state index is 10.9. The molecule has 0 amide bonds. The Morgan fingerprint density at radius 2 is 2.00 bits per heavy atom. The molecule has 0 bridgehead atoms. The van der Waals surface area contributed by atoms with Crippen molar-refractivity contribution < 1.29 is 9.90 Å². The first-order valence-electron chi connectivity index (χ1n) is 5.06. The third-order valence-corrected chi connectivity index (χ3v) is 3.09. The van der Waals surface area contributed by atoms with E-state index in [9.17, 15) is 4.79 Å². The van der Waals surface area contributed by atoms with Crippen LogP contribution < -0.4 is 0 Å². The van der Waals surface area contributed by atoms with Crippen LogP contribution in [0, 0.1) is 6.92 Å². The minimum Gasteiger partial charge on any atom is -0.476 e. The van der Waals surface area contributed by atoms with Crippen molar-refractivity contribution in [1.29, 1.82) is 0 Å². The normalized spacial score (nSPS) is 10.5. The van der Waals surface area contributed by atoms with Gasteiger partial charge in [0.1, 0.15) is 5.03 Å². The summed E-state index contributed by atoms with van der Waals surface area (Å²) >= 11 is 1.47. The van der Waals surface area contributed by atoms with E-state index in [1.807, 2.05) is 37.4 Å². The molecular formula is C12H12N2O2S. The average Bonchev–Trinajstić information content (AvgIpc) is 2.74. The van der Waals surface area contributed by atoms with E-state index in [2.05, 4.69) is 5.10 Å². The number of carboxylic acids is 1. The summed E-state index contributed by atoms with van der Waals surface area (Å²) in [6, 6.07) is 9.37. The Morgan fingerprint density at radius 3 is 2.53 bits per heavy atom. The lowest BCUT2D eigenvalue weighted by molar-refractivity contribution is 0.0690. The van der Waals surface area contributed by atoms with E-state index in [-0.39, 0.29) is 5.69 Å². The van der Waals surface area contributed by atoms with Gasteiger partial charge in [0.05, 0.1) is 5.69 Å². The summed E-state index contributed by atoms with van der Waals surface area (Å²) in [7, 11) is 0. The molecule has 0 unspecified atom stereocenters. The standard InChI is InChI=1S/C12H12N2O2S/c1-8-3-5-9(6-4-8)14-11(17-2)7-10(13-14)12(15)16/h3-7H,1-2H3,(H,15,16). The SMILES string of the molecule is CSc1cc(C(=O)O)nn1-c1ccc(C)cc1. The van der Waals surface area contributed by atoms with Gasteiger partial charge < -0.3 is 5.11 Å². The molecule has 0 saturated heterocycles. The third-order valence-electron chi connectivity index (χ3n) is 2.38. The fourth-order valence-electron chi connectivity index (χ4n) is 1.48. The Kier molecular flexibility index (Phi) is 3.19. The Balaban J connectivity index is 2.50. The molecule has 5 heteroatoms. The Labute approximate surface area is 103 Å². The number of rotatable bonds is 3. The summed E-state index contributed by atoms with van der Waals surface area (Å²) in [5.41, 5.74) is 2.09. The lowest BCUT2D eigenvalue weighted by atomic mass is 10.2. The highest BCUT2D eigenvalue weighted by molar-refractivity contribution is 7.98. The van der Waals surface area contributed by atoms with Crippen LogP contribution >= 0.6 is 11.8 Å². The molecule has 0 radical (unpaired) electrons. The number of aromatic nitrogens is 2. The fraction of sp³-hybridized carbons (Fsp3) is 0.167. The van der Waals surface area contributed by atoms with Crippen LogP contribution in [0.1, 0.15) is 16.1 Å². The highest BCUT2D eigenvalue weighted by Crippen LogP contribution is 2.21. The zero-order chi connectivity index (χ0) is 12.4. The number of carbonyl (C=O) groups is 1. The lowest BCUT2D eigenvalue weighted by Crippen LogP contribution is -2.01. The first-order valence-corrected chi connectivity index (χ1v) is 6.28. The van der Waals surface area contributed by atoms with Gasteiger partial charge in [0.15, 0.2) is 5.69 Å². The van der Waals surface area contributed by atoms with Crippen LogP contribution in [0.25, 0.3) is 5.69 Å². The van der Waals surface area contributed by atoms with Gasteiger partial charge in [-0.3, -0.25) is 0 Å². The Bertz CT molecular complexity index is 546. The van der Waals surface area contributed by atoms with E-state index >= 15 is 0 Å². The van der Waals surface area contributed by atoms with E-state index < -0.39 is 5.97 Å². The van der Waals surface area contributed by atoms with Crippen LogP contribution in [0.5, 0.6) is 0 Å². The zero-order valence-corrected chi connectivity index (χ0v) is 10.4. The summed E-state index contributed by atoms with van der Waals surface area (Å²) in [5, 5.41) is 13.8. The van der Waals surface area contributed by atoms with Gasteiger partial charge in [0.2, 0.25) is 0 Å². The molecule has 0 saturated carbocycles. The topological polar surface area (TPSA) is 55.1 Å². The monoisotopic (exact) mass is 248 g/mol. The summed E-state index contributed by atoms with van der Waals surface area (Å²) < 4.78 is 1.65. The van der Waals surface area contributed by atoms with Crippen molar-refractivity contribution in [2.24, 2.45) is 0 Å². The van der Waals surface area contributed by atoms with Gasteiger partial charge in [0, 0.05) is 6.07 Å². The van der Waals surface area contributed by atoms with Crippen molar-refractivity contribution in [2.75, 3.05) is 6.26 Å². The second-order valence-corrected chi connectivity index (χ2v) is 4.45. The predicted octanol–water partition coefficient (Wildman–Crippen LogP) is 2.60. The van der Waals surface area contributed by atoms with Gasteiger partial charge in [-0.25, -0.2) is 9.48 Å². The molecule has 0 atom stereocenters. The molecule has 1 aromatic heterocycles. The molecule has 17 heavy (non-hydrogen) atoms. The molecule has 1 N–H and O–H groups in total. The van der Waals surface area contributed by atoms with Crippen molar-refractivity contribution in [3.63, 3.8) is 0 Å². The van der Waals surface area contributed by atoms with Crippen molar-refractivity contribution in [1.82, 2.24) is 9.78 Å². The first-order chi connectivity index (χ1) is 8.11. The van der Waals surface area contributed by atoms with Crippen LogP contribution in [0.2, 0.25) is 0 Å². The van der Waals surface area contributed by atoms with Crippen LogP contribution in [-0.2, 0) is 0 Å². The first kappa shape index (κ1) is 11.7. The Morgan fingerprint density at radius 1 is 1.35 bits per heavy atom. The fourth-order valence-corrected chi connectivity index (χ4v) is 2.03. The number of hydrogen-bond donors (Lipinski definition) is 1. The molecule has 0 spiro atoms. The summed E-state index contributed by atoms with van der Waals surface area (Å²) in [6.07, 6.45) is 1.90. The van der Waals surface area contributed by atoms with Gasteiger partial charge in [0.25, 0.3) is 0 Å². The van der Waals surface area contributed by atoms with Crippen LogP contribution in [0.15, 0.2) is 35.4 Å². The second kappa shape index (κ2) is 4.63. The summed E-state index contributed by atoms with van der Waals surface area (Å²) in [4.78, 5) is 10.9. The molecule has 0 fully saturated rings. The van der Waals surface area contributed by atoms with Gasteiger partial charge in [-0.05, 0) is 25.3 Å². The van der Waals surface area contributed by atoms with Crippen molar-refractivity contribution >= 4 is 17.7 Å². The largest absolute Gasteiger partial charge is 0.476 e. The highest BCUT2D eigenvalue weighted by Gasteiger charge is 2.13. The predicted molar refractivity (Wildman–Crippen MR) is 67.0 cm³/mol. The van der Waals surface area contributed by atoms with E-state index in [0.29, 0.717) is 0 Å². The molecule has 2 rings (SSSR count). The van der Waals surface area contributed by atoms with E-state index in [4.69, 9.17) is 5.11 Å². The molecule has 1 aromatic carbocycles. The van der Waals surface area contributed by atoms with E-state index in [1.165, 1.54) is 11.8 Å². The molecule has 0 aliphatic carbocycles. The van der Waals surface area contributed by atoms with Gasteiger partial charge in [-0.1, -0.05) is 17.7 Å². The molecule has 0 aliphatic rings. The minimum absolute atomic E-state index is 0.0647. The third kappa shape index (κ3) is 2.34. The van der Waals surface area contributed by atoms with Gasteiger partial charge >= 0.3 is 5.97 Å². The average molecular weight is 248 g/mol. The van der Waals surface area contributed by atoms with E-state index in [0.717, 1.165) is 16.3 Å². The van der Waals surface area contributed by atoms with E-state index in [1.54, 1.807) is 10.7 Å². The number of aromatic carboxylic acids is 1. The number of hydrogen-bond acceptors (Lipinski definition) is 3. The number of benzene rings is 1. The maximum Gasteiger partial charge on any atom is 0.356 e. The van der Waals surface area contributed by atoms with Gasteiger partial charge in [-0.15, -0.1) is 11.8 Å². The highest BCUT2D eigenvalue weighted by atomic mass is 32.2. The molecule has 0 aliphatic heterocycles. The second-order valence-electron chi connectivity index (χ2n) is 3.62. The van der Waals surface area contributed by atoms with Crippen molar-refractivity contribution in [2.45, 2.75) is 11.9 Å². The van der Waals surface area contributed by atoms with Crippen LogP contribution in [0.3, 0.4) is 0 Å². The quantitative estimate of drug-likeness (QED) is 0.848. The molecule has 1 heterocycles. The molecule has 88 valence electrons.